The van der Waals surface area contributed by atoms with Gasteiger partial charge < -0.3 is 15.1 Å². The van der Waals surface area contributed by atoms with Gasteiger partial charge in [0.05, 0.1) is 6.54 Å². The summed E-state index contributed by atoms with van der Waals surface area (Å²) in [7, 11) is 4.07. The van der Waals surface area contributed by atoms with Crippen LogP contribution in [0.5, 0.6) is 0 Å². The van der Waals surface area contributed by atoms with Crippen molar-refractivity contribution in [2.45, 2.75) is 25.8 Å². The van der Waals surface area contributed by atoms with Gasteiger partial charge in [0, 0.05) is 32.1 Å². The Labute approximate surface area is 125 Å². The van der Waals surface area contributed by atoms with Gasteiger partial charge in [-0.1, -0.05) is 6.92 Å². The van der Waals surface area contributed by atoms with E-state index in [-0.39, 0.29) is 24.4 Å². The number of amides is 4. The maximum Gasteiger partial charge on any atom is 0.324 e. The second-order valence-corrected chi connectivity index (χ2v) is 6.11. The number of urea groups is 1. The molecule has 2 rings (SSSR count). The van der Waals surface area contributed by atoms with Crippen LogP contribution in [0.2, 0.25) is 0 Å². The van der Waals surface area contributed by atoms with E-state index in [2.05, 4.69) is 17.1 Å². The van der Waals surface area contributed by atoms with Gasteiger partial charge in [-0.05, 0) is 26.4 Å². The van der Waals surface area contributed by atoms with Crippen molar-refractivity contribution in [3.05, 3.63) is 0 Å². The van der Waals surface area contributed by atoms with Crippen LogP contribution < -0.4 is 5.32 Å². The van der Waals surface area contributed by atoms with Crippen molar-refractivity contribution < 1.29 is 14.4 Å². The molecule has 0 aromatic carbocycles. The molecular weight excluding hydrogens is 272 g/mol. The molecule has 118 valence electrons. The van der Waals surface area contributed by atoms with Gasteiger partial charge in [0.15, 0.2) is 0 Å². The summed E-state index contributed by atoms with van der Waals surface area (Å²) in [5, 5.41) is 2.47. The second-order valence-electron chi connectivity index (χ2n) is 6.11. The Morgan fingerprint density at radius 1 is 1.33 bits per heavy atom. The number of likely N-dealkylation sites (N-methyl/N-ethyl adjacent to an activating group) is 1. The van der Waals surface area contributed by atoms with E-state index in [1.54, 1.807) is 0 Å². The van der Waals surface area contributed by atoms with Crippen molar-refractivity contribution in [1.82, 2.24) is 20.0 Å². The SMILES string of the molecule is C[C@@H]1CN(C(=O)CCCN2C(=O)CNC2=O)C[C@@H]1N(C)C. The first-order valence-electron chi connectivity index (χ1n) is 7.42. The Hall–Kier alpha value is -1.63. The summed E-state index contributed by atoms with van der Waals surface area (Å²) in [6, 6.07) is 0.0507. The van der Waals surface area contributed by atoms with Crippen LogP contribution in [0.25, 0.3) is 0 Å². The van der Waals surface area contributed by atoms with Gasteiger partial charge in [-0.2, -0.15) is 0 Å². The lowest BCUT2D eigenvalue weighted by molar-refractivity contribution is -0.131. The third-order valence-electron chi connectivity index (χ3n) is 4.30. The Morgan fingerprint density at radius 2 is 2.05 bits per heavy atom. The monoisotopic (exact) mass is 296 g/mol. The van der Waals surface area contributed by atoms with Crippen molar-refractivity contribution >= 4 is 17.8 Å². The fraction of sp³-hybridized carbons (Fsp3) is 0.786. The molecule has 2 saturated heterocycles. The summed E-state index contributed by atoms with van der Waals surface area (Å²) in [5.41, 5.74) is 0. The molecule has 0 bridgehead atoms. The van der Waals surface area contributed by atoms with Crippen LogP contribution in [-0.4, -0.2) is 78.9 Å². The van der Waals surface area contributed by atoms with Crippen LogP contribution in [0.15, 0.2) is 0 Å². The van der Waals surface area contributed by atoms with Crippen LogP contribution in [-0.2, 0) is 9.59 Å². The van der Waals surface area contributed by atoms with E-state index in [4.69, 9.17) is 0 Å². The maximum atomic E-state index is 12.2. The fourth-order valence-corrected chi connectivity index (χ4v) is 3.05. The molecule has 2 aliphatic heterocycles. The predicted molar refractivity (Wildman–Crippen MR) is 77.6 cm³/mol. The molecule has 0 radical (unpaired) electrons. The third kappa shape index (κ3) is 3.53. The average Bonchev–Trinajstić information content (AvgIpc) is 2.95. The second kappa shape index (κ2) is 6.43. The molecule has 2 aliphatic rings. The number of carbonyl (C=O) groups excluding carboxylic acids is 3. The van der Waals surface area contributed by atoms with Crippen LogP contribution in [0.1, 0.15) is 19.8 Å². The number of nitrogens with zero attached hydrogens (tertiary/aromatic N) is 3. The standard InChI is InChI=1S/C14H24N4O3/c1-10-8-17(9-11(10)16(2)3)12(19)5-4-6-18-13(20)7-15-14(18)21/h10-11H,4-9H2,1-3H3,(H,15,21)/t10-,11+/m1/s1. The predicted octanol–water partition coefficient (Wildman–Crippen LogP) is -0.273. The van der Waals surface area contributed by atoms with Gasteiger partial charge in [-0.25, -0.2) is 4.79 Å². The summed E-state index contributed by atoms with van der Waals surface area (Å²) >= 11 is 0. The van der Waals surface area contributed by atoms with Gasteiger partial charge in [-0.15, -0.1) is 0 Å². The van der Waals surface area contributed by atoms with Gasteiger partial charge in [0.2, 0.25) is 11.8 Å². The molecule has 7 nitrogen and oxygen atoms in total. The van der Waals surface area contributed by atoms with Crippen LogP contribution in [0.4, 0.5) is 4.79 Å². The van der Waals surface area contributed by atoms with E-state index < -0.39 is 0 Å². The summed E-state index contributed by atoms with van der Waals surface area (Å²) < 4.78 is 0. The summed E-state index contributed by atoms with van der Waals surface area (Å²) in [4.78, 5) is 40.2. The highest BCUT2D eigenvalue weighted by Gasteiger charge is 2.33. The number of likely N-dealkylation sites (tertiary alicyclic amines) is 1. The number of imide groups is 1. The van der Waals surface area contributed by atoms with Crippen molar-refractivity contribution in [3.63, 3.8) is 0 Å². The van der Waals surface area contributed by atoms with E-state index >= 15 is 0 Å². The van der Waals surface area contributed by atoms with Gasteiger partial charge in [0.1, 0.15) is 0 Å². The number of hydrogen-bond acceptors (Lipinski definition) is 4. The highest BCUT2D eigenvalue weighted by atomic mass is 16.2. The molecule has 21 heavy (non-hydrogen) atoms. The lowest BCUT2D eigenvalue weighted by atomic mass is 10.1. The third-order valence-corrected chi connectivity index (χ3v) is 4.30. The van der Waals surface area contributed by atoms with Crippen molar-refractivity contribution in [2.24, 2.45) is 5.92 Å². The Morgan fingerprint density at radius 3 is 2.57 bits per heavy atom. The zero-order valence-corrected chi connectivity index (χ0v) is 13.0. The molecule has 0 aliphatic carbocycles. The molecule has 1 N–H and O–H groups in total. The van der Waals surface area contributed by atoms with E-state index in [0.717, 1.165) is 13.1 Å². The number of carbonyl (C=O) groups is 3. The maximum absolute atomic E-state index is 12.2. The van der Waals surface area contributed by atoms with E-state index in [9.17, 15) is 14.4 Å². The topological polar surface area (TPSA) is 73.0 Å². The minimum absolute atomic E-state index is 0.0704. The lowest BCUT2D eigenvalue weighted by Gasteiger charge is -2.22. The number of hydrogen-bond donors (Lipinski definition) is 1. The van der Waals surface area contributed by atoms with E-state index in [1.807, 2.05) is 19.0 Å². The normalized spacial score (nSPS) is 25.9. The van der Waals surface area contributed by atoms with E-state index in [0.29, 0.717) is 31.3 Å². The summed E-state index contributed by atoms with van der Waals surface area (Å²) in [6.45, 7) is 4.09. The fourth-order valence-electron chi connectivity index (χ4n) is 3.05. The molecule has 0 saturated carbocycles. The smallest absolute Gasteiger partial charge is 0.324 e. The van der Waals surface area contributed by atoms with Crippen molar-refractivity contribution in [1.29, 1.82) is 0 Å². The molecule has 0 aromatic rings. The largest absolute Gasteiger partial charge is 0.341 e. The molecular formula is C14H24N4O3. The highest BCUT2D eigenvalue weighted by molar-refractivity contribution is 6.01. The zero-order chi connectivity index (χ0) is 15.6. The first-order valence-corrected chi connectivity index (χ1v) is 7.42. The molecule has 7 heteroatoms. The zero-order valence-electron chi connectivity index (χ0n) is 13.0. The average molecular weight is 296 g/mol. The molecule has 4 amide bonds. The van der Waals surface area contributed by atoms with E-state index in [1.165, 1.54) is 4.90 Å². The first kappa shape index (κ1) is 15.8. The molecule has 2 atom stereocenters. The van der Waals surface area contributed by atoms with Crippen LogP contribution >= 0.6 is 0 Å². The molecule has 0 unspecified atom stereocenters. The number of nitrogens with one attached hydrogen (secondary N) is 1. The van der Waals surface area contributed by atoms with Crippen molar-refractivity contribution in [2.75, 3.05) is 40.3 Å². The Bertz CT molecular complexity index is 422. The Balaban J connectivity index is 1.75. The van der Waals surface area contributed by atoms with Crippen molar-refractivity contribution in [3.8, 4) is 0 Å². The number of rotatable bonds is 5. The summed E-state index contributed by atoms with van der Waals surface area (Å²) in [6.07, 6.45) is 0.902. The molecule has 0 spiro atoms. The van der Waals surface area contributed by atoms with Crippen LogP contribution in [0, 0.1) is 5.92 Å². The molecule has 2 fully saturated rings. The minimum Gasteiger partial charge on any atom is -0.341 e. The van der Waals surface area contributed by atoms with Gasteiger partial charge in [0.25, 0.3) is 0 Å². The summed E-state index contributed by atoms with van der Waals surface area (Å²) in [5.74, 6) is 0.364. The first-order chi connectivity index (χ1) is 9.90. The van der Waals surface area contributed by atoms with Gasteiger partial charge >= 0.3 is 6.03 Å². The highest BCUT2D eigenvalue weighted by Crippen LogP contribution is 2.20. The minimum atomic E-state index is -0.352. The van der Waals surface area contributed by atoms with Gasteiger partial charge in [-0.3, -0.25) is 14.5 Å². The Kier molecular flexibility index (Phi) is 4.82. The molecule has 2 heterocycles. The molecule has 0 aromatic heterocycles. The quantitative estimate of drug-likeness (QED) is 0.709. The van der Waals surface area contributed by atoms with Crippen LogP contribution in [0.3, 0.4) is 0 Å². The lowest BCUT2D eigenvalue weighted by Crippen LogP contribution is -2.36.